The van der Waals surface area contributed by atoms with Gasteiger partial charge in [0.25, 0.3) is 0 Å². The number of hydrogen-bond acceptors (Lipinski definition) is 5. The van der Waals surface area contributed by atoms with Crippen LogP contribution in [0.3, 0.4) is 0 Å². The zero-order valence-electron chi connectivity index (χ0n) is 14.3. The van der Waals surface area contributed by atoms with Gasteiger partial charge in [0.1, 0.15) is 0 Å². The average molecular weight is 403 g/mol. The summed E-state index contributed by atoms with van der Waals surface area (Å²) in [4.78, 5) is 12.6. The molecule has 0 N–H and O–H groups in total. The number of hydrogen-bond donors (Lipinski definition) is 0. The molecule has 0 bridgehead atoms. The Labute approximate surface area is 161 Å². The fourth-order valence-electron chi connectivity index (χ4n) is 3.20. The van der Waals surface area contributed by atoms with Gasteiger partial charge in [0.15, 0.2) is 15.5 Å². The van der Waals surface area contributed by atoms with Gasteiger partial charge in [-0.2, -0.15) is 5.10 Å². The number of nitrogens with zero attached hydrogens (tertiary/aromatic N) is 2. The number of fused-ring (bicyclic) bond motifs is 3. The van der Waals surface area contributed by atoms with E-state index in [1.54, 1.807) is 60.1 Å². The number of carbonyl (C=O) groups is 1. The highest BCUT2D eigenvalue weighted by Crippen LogP contribution is 2.40. The number of sulfone groups is 1. The molecule has 2 aromatic carbocycles. The molecule has 138 valence electrons. The van der Waals surface area contributed by atoms with Crippen LogP contribution >= 0.6 is 11.6 Å². The molecule has 3 aromatic rings. The summed E-state index contributed by atoms with van der Waals surface area (Å²) in [5.41, 5.74) is 2.12. The molecular weight excluding hydrogens is 388 g/mol. The van der Waals surface area contributed by atoms with Gasteiger partial charge in [0.05, 0.1) is 28.6 Å². The first kappa shape index (κ1) is 17.8. The molecule has 0 radical (unpaired) electrons. The van der Waals surface area contributed by atoms with Crippen LogP contribution in [0.4, 0.5) is 0 Å². The van der Waals surface area contributed by atoms with E-state index < -0.39 is 15.8 Å². The first-order valence-electron chi connectivity index (χ1n) is 8.29. The monoisotopic (exact) mass is 402 g/mol. The molecule has 0 amide bonds. The number of benzene rings is 2. The summed E-state index contributed by atoms with van der Waals surface area (Å²) in [5, 5.41) is 4.97. The molecule has 0 aliphatic carbocycles. The summed E-state index contributed by atoms with van der Waals surface area (Å²) in [7, 11) is -3.58. The van der Waals surface area contributed by atoms with Gasteiger partial charge in [-0.05, 0) is 37.3 Å². The van der Waals surface area contributed by atoms with Gasteiger partial charge in [-0.15, -0.1) is 0 Å². The van der Waals surface area contributed by atoms with Gasteiger partial charge >= 0.3 is 5.97 Å². The van der Waals surface area contributed by atoms with Gasteiger partial charge in [0.2, 0.25) is 0 Å². The van der Waals surface area contributed by atoms with Crippen molar-refractivity contribution >= 4 is 27.4 Å². The number of aromatic nitrogens is 2. The van der Waals surface area contributed by atoms with Crippen LogP contribution in [0.1, 0.15) is 23.0 Å². The summed E-state index contributed by atoms with van der Waals surface area (Å²) in [6.07, 6.45) is 0. The Morgan fingerprint density at radius 2 is 1.89 bits per heavy atom. The molecule has 1 aliphatic rings. The summed E-state index contributed by atoms with van der Waals surface area (Å²) in [6, 6.07) is 13.7. The van der Waals surface area contributed by atoms with Crippen LogP contribution in [-0.4, -0.2) is 30.8 Å². The second kappa shape index (κ2) is 6.51. The maximum Gasteiger partial charge on any atom is 0.359 e. The van der Waals surface area contributed by atoms with Crippen molar-refractivity contribution in [1.82, 2.24) is 9.78 Å². The van der Waals surface area contributed by atoms with Crippen molar-refractivity contribution in [3.8, 4) is 16.9 Å². The van der Waals surface area contributed by atoms with Gasteiger partial charge in [0, 0.05) is 16.1 Å². The summed E-state index contributed by atoms with van der Waals surface area (Å²) in [6.45, 7) is 1.86. The predicted octanol–water partition coefficient (Wildman–Crippen LogP) is 3.66. The summed E-state index contributed by atoms with van der Waals surface area (Å²) in [5.74, 6) is -0.947. The van der Waals surface area contributed by atoms with Gasteiger partial charge in [-0.1, -0.05) is 29.8 Å². The zero-order chi connectivity index (χ0) is 19.2. The van der Waals surface area contributed by atoms with Crippen LogP contribution in [0.15, 0.2) is 53.4 Å². The lowest BCUT2D eigenvalue weighted by atomic mass is 10.1. The molecule has 4 rings (SSSR count). The lowest BCUT2D eigenvalue weighted by Gasteiger charge is -2.19. The predicted molar refractivity (Wildman–Crippen MR) is 101 cm³/mol. The third-order valence-electron chi connectivity index (χ3n) is 4.34. The summed E-state index contributed by atoms with van der Waals surface area (Å²) >= 11 is 5.97. The molecule has 0 unspecified atom stereocenters. The van der Waals surface area contributed by atoms with Crippen LogP contribution in [0.25, 0.3) is 16.9 Å². The van der Waals surface area contributed by atoms with Crippen molar-refractivity contribution in [2.45, 2.75) is 17.6 Å². The number of halogens is 1. The molecule has 6 nitrogen and oxygen atoms in total. The molecule has 8 heteroatoms. The maximum absolute atomic E-state index is 12.8. The quantitative estimate of drug-likeness (QED) is 0.625. The Bertz CT molecular complexity index is 1150. The smallest absolute Gasteiger partial charge is 0.359 e. The minimum Gasteiger partial charge on any atom is -0.461 e. The molecular formula is C19H15ClN2O4S. The largest absolute Gasteiger partial charge is 0.461 e. The van der Waals surface area contributed by atoms with E-state index in [0.29, 0.717) is 27.5 Å². The molecule has 0 spiro atoms. The Morgan fingerprint density at radius 1 is 1.19 bits per heavy atom. The van der Waals surface area contributed by atoms with E-state index in [0.717, 1.165) is 0 Å². The normalized spacial score (nSPS) is 14.3. The van der Waals surface area contributed by atoms with Crippen molar-refractivity contribution in [2.24, 2.45) is 0 Å². The number of rotatable bonds is 3. The van der Waals surface area contributed by atoms with E-state index >= 15 is 0 Å². The third-order valence-corrected chi connectivity index (χ3v) is 6.28. The Balaban J connectivity index is 2.04. The molecule has 27 heavy (non-hydrogen) atoms. The Morgan fingerprint density at radius 3 is 2.59 bits per heavy atom. The second-order valence-corrected chi connectivity index (χ2v) is 8.43. The maximum atomic E-state index is 12.8. The van der Waals surface area contributed by atoms with Crippen molar-refractivity contribution < 1.29 is 17.9 Å². The lowest BCUT2D eigenvalue weighted by molar-refractivity contribution is 0.0518. The van der Waals surface area contributed by atoms with Gasteiger partial charge < -0.3 is 4.74 Å². The van der Waals surface area contributed by atoms with Crippen molar-refractivity contribution in [3.63, 3.8) is 0 Å². The lowest BCUT2D eigenvalue weighted by Crippen LogP contribution is -2.16. The first-order chi connectivity index (χ1) is 12.9. The second-order valence-electron chi connectivity index (χ2n) is 6.04. The fraction of sp³-hybridized carbons (Fsp3) is 0.158. The zero-order valence-corrected chi connectivity index (χ0v) is 15.9. The standard InChI is InChI=1S/C19H15ClN2O4S/c1-2-26-19(23)17-15-11-27(24,25)16-6-4-3-5-14(16)18(15)22(21-17)13-9-7-12(20)8-10-13/h3-10H,2,11H2,1H3. The van der Waals surface area contributed by atoms with Crippen molar-refractivity contribution in [2.75, 3.05) is 6.61 Å². The van der Waals surface area contributed by atoms with Gasteiger partial charge in [-0.25, -0.2) is 17.9 Å². The number of carbonyl (C=O) groups excluding carboxylic acids is 1. The van der Waals surface area contributed by atoms with E-state index in [-0.39, 0.29) is 22.9 Å². The molecule has 0 fully saturated rings. The molecule has 0 saturated heterocycles. The van der Waals surface area contributed by atoms with E-state index in [9.17, 15) is 13.2 Å². The minimum atomic E-state index is -3.58. The average Bonchev–Trinajstić information content (AvgIpc) is 3.01. The highest BCUT2D eigenvalue weighted by Gasteiger charge is 2.36. The number of esters is 1. The third kappa shape index (κ3) is 2.93. The van der Waals surface area contributed by atoms with E-state index in [1.807, 2.05) is 0 Å². The Hall–Kier alpha value is -2.64. The molecule has 0 atom stereocenters. The number of ether oxygens (including phenoxy) is 1. The van der Waals surface area contributed by atoms with E-state index in [1.165, 1.54) is 0 Å². The highest BCUT2D eigenvalue weighted by atomic mass is 35.5. The van der Waals surface area contributed by atoms with Crippen LogP contribution in [-0.2, 0) is 20.3 Å². The first-order valence-corrected chi connectivity index (χ1v) is 10.3. The highest BCUT2D eigenvalue weighted by molar-refractivity contribution is 7.90. The van der Waals surface area contributed by atoms with Gasteiger partial charge in [-0.3, -0.25) is 0 Å². The minimum absolute atomic E-state index is 0.0138. The van der Waals surface area contributed by atoms with Crippen LogP contribution < -0.4 is 0 Å². The summed E-state index contributed by atoms with van der Waals surface area (Å²) < 4.78 is 32.2. The van der Waals surface area contributed by atoms with Crippen molar-refractivity contribution in [3.05, 3.63) is 64.8 Å². The molecule has 1 aromatic heterocycles. The van der Waals surface area contributed by atoms with E-state index in [2.05, 4.69) is 5.10 Å². The molecule has 1 aliphatic heterocycles. The SMILES string of the molecule is CCOC(=O)c1nn(-c2ccc(Cl)cc2)c2c1CS(=O)(=O)c1ccccc1-2. The van der Waals surface area contributed by atoms with Crippen LogP contribution in [0, 0.1) is 0 Å². The topological polar surface area (TPSA) is 78.3 Å². The fourth-order valence-corrected chi connectivity index (χ4v) is 4.92. The van der Waals surface area contributed by atoms with Crippen molar-refractivity contribution in [1.29, 1.82) is 0 Å². The van der Waals surface area contributed by atoms with Crippen LogP contribution in [0.2, 0.25) is 5.02 Å². The molecule has 2 heterocycles. The Kier molecular flexibility index (Phi) is 4.28. The molecule has 0 saturated carbocycles. The van der Waals surface area contributed by atoms with E-state index in [4.69, 9.17) is 16.3 Å². The van der Waals surface area contributed by atoms with Crippen LogP contribution in [0.5, 0.6) is 0 Å².